The molecule has 2 aliphatic carbocycles. The number of H-pyrrole nitrogens is 1. The normalized spacial score (nSPS) is 31.3. The number of carbonyl (C=O) groups is 1. The third-order valence-electron chi connectivity index (χ3n) is 7.98. The number of carbonyl (C=O) groups excluding carboxylic acids is 1. The van der Waals surface area contributed by atoms with E-state index in [9.17, 15) is 4.79 Å². The zero-order valence-electron chi connectivity index (χ0n) is 16.0. The molecule has 0 radical (unpaired) electrons. The molecule has 2 bridgehead atoms. The summed E-state index contributed by atoms with van der Waals surface area (Å²) >= 11 is 0. The molecule has 2 aliphatic heterocycles. The van der Waals surface area contributed by atoms with Gasteiger partial charge >= 0.3 is 0 Å². The summed E-state index contributed by atoms with van der Waals surface area (Å²) in [5.74, 6) is 3.05. The summed E-state index contributed by atoms with van der Waals surface area (Å²) in [5, 5.41) is 15.0. The first-order valence-corrected chi connectivity index (χ1v) is 10.6. The Bertz CT molecular complexity index is 1200. The van der Waals surface area contributed by atoms with Gasteiger partial charge in [-0.2, -0.15) is 5.10 Å². The van der Waals surface area contributed by atoms with Crippen molar-refractivity contribution in [3.8, 4) is 0 Å². The molecule has 2 fully saturated rings. The van der Waals surface area contributed by atoms with Crippen LogP contribution in [0.2, 0.25) is 0 Å². The zero-order valence-corrected chi connectivity index (χ0v) is 16.0. The molecule has 29 heavy (non-hydrogen) atoms. The maximum Gasteiger partial charge on any atom is 0.252 e. The Morgan fingerprint density at radius 1 is 1.10 bits per heavy atom. The summed E-state index contributed by atoms with van der Waals surface area (Å²) in [6.45, 7) is 0.660. The fourth-order valence-corrected chi connectivity index (χ4v) is 6.87. The molecule has 5 atom stereocenters. The monoisotopic (exact) mass is 385 g/mol. The molecule has 0 saturated heterocycles. The van der Waals surface area contributed by atoms with Crippen LogP contribution < -0.4 is 16.4 Å². The van der Waals surface area contributed by atoms with E-state index in [1.807, 2.05) is 0 Å². The van der Waals surface area contributed by atoms with E-state index in [2.05, 4.69) is 51.2 Å². The second-order valence-corrected chi connectivity index (χ2v) is 9.22. The Labute approximate surface area is 168 Å². The molecule has 4 aliphatic rings. The summed E-state index contributed by atoms with van der Waals surface area (Å²) in [7, 11) is 0. The Kier molecular flexibility index (Phi) is 2.91. The SMILES string of the molecule is Nc1n[nH]c2ccc([C@@H]3Nc4ccc5c(c4[C@H]4[C@@H]6CC[C@@H](C6)[C@H]43)C(=O)NC5)cc12. The fraction of sp³-hybridized carbons (Fsp3) is 0.391. The molecule has 2 saturated carbocycles. The Morgan fingerprint density at radius 3 is 2.93 bits per heavy atom. The number of anilines is 2. The molecule has 6 heteroatoms. The number of rotatable bonds is 1. The predicted molar refractivity (Wildman–Crippen MR) is 112 cm³/mol. The summed E-state index contributed by atoms with van der Waals surface area (Å²) in [5.41, 5.74) is 12.9. The minimum atomic E-state index is 0.103. The van der Waals surface area contributed by atoms with Crippen LogP contribution in [0.25, 0.3) is 10.9 Å². The lowest BCUT2D eigenvalue weighted by molar-refractivity contribution is 0.0963. The van der Waals surface area contributed by atoms with Crippen molar-refractivity contribution in [2.75, 3.05) is 11.1 Å². The van der Waals surface area contributed by atoms with Gasteiger partial charge in [0.15, 0.2) is 5.82 Å². The summed E-state index contributed by atoms with van der Waals surface area (Å²) in [4.78, 5) is 12.7. The number of amides is 1. The second kappa shape index (κ2) is 5.32. The zero-order chi connectivity index (χ0) is 19.3. The van der Waals surface area contributed by atoms with E-state index in [1.54, 1.807) is 0 Å². The molecule has 1 amide bonds. The van der Waals surface area contributed by atoms with E-state index in [4.69, 9.17) is 5.73 Å². The van der Waals surface area contributed by atoms with Gasteiger partial charge in [-0.1, -0.05) is 12.1 Å². The van der Waals surface area contributed by atoms with Crippen molar-refractivity contribution in [1.82, 2.24) is 15.5 Å². The maximum absolute atomic E-state index is 12.7. The Hall–Kier alpha value is -3.02. The molecule has 0 spiro atoms. The second-order valence-electron chi connectivity index (χ2n) is 9.22. The first kappa shape index (κ1) is 15.9. The molecule has 3 aromatic rings. The van der Waals surface area contributed by atoms with Gasteiger partial charge in [-0.05, 0) is 77.8 Å². The van der Waals surface area contributed by atoms with Crippen molar-refractivity contribution >= 4 is 28.3 Å². The van der Waals surface area contributed by atoms with E-state index >= 15 is 0 Å². The van der Waals surface area contributed by atoms with Gasteiger partial charge < -0.3 is 16.4 Å². The summed E-state index contributed by atoms with van der Waals surface area (Å²) in [6, 6.07) is 11.0. The van der Waals surface area contributed by atoms with Crippen LogP contribution >= 0.6 is 0 Å². The number of nitrogens with zero attached hydrogens (tertiary/aromatic N) is 1. The molecule has 1 aromatic heterocycles. The van der Waals surface area contributed by atoms with E-state index in [-0.39, 0.29) is 11.9 Å². The average Bonchev–Trinajstić information content (AvgIpc) is 3.52. The smallest absolute Gasteiger partial charge is 0.252 e. The van der Waals surface area contributed by atoms with Gasteiger partial charge in [0.1, 0.15) is 0 Å². The highest BCUT2D eigenvalue weighted by Gasteiger charge is 2.55. The largest absolute Gasteiger partial charge is 0.382 e. The van der Waals surface area contributed by atoms with Gasteiger partial charge in [-0.15, -0.1) is 0 Å². The average molecular weight is 385 g/mol. The van der Waals surface area contributed by atoms with Crippen molar-refractivity contribution in [2.45, 2.75) is 37.8 Å². The third-order valence-corrected chi connectivity index (χ3v) is 7.98. The molecule has 7 rings (SSSR count). The van der Waals surface area contributed by atoms with Crippen molar-refractivity contribution in [3.05, 3.63) is 52.6 Å². The first-order valence-electron chi connectivity index (χ1n) is 10.6. The highest BCUT2D eigenvalue weighted by Crippen LogP contribution is 2.64. The number of aromatic amines is 1. The van der Waals surface area contributed by atoms with Crippen LogP contribution in [0, 0.1) is 17.8 Å². The van der Waals surface area contributed by atoms with Gasteiger partial charge in [-0.25, -0.2) is 0 Å². The highest BCUT2D eigenvalue weighted by molar-refractivity contribution is 6.01. The number of nitrogens with two attached hydrogens (primary N) is 1. The molecule has 2 aromatic carbocycles. The number of hydrogen-bond acceptors (Lipinski definition) is 4. The summed E-state index contributed by atoms with van der Waals surface area (Å²) in [6.07, 6.45) is 3.88. The van der Waals surface area contributed by atoms with Crippen molar-refractivity contribution < 1.29 is 4.79 Å². The van der Waals surface area contributed by atoms with Crippen molar-refractivity contribution in [1.29, 1.82) is 0 Å². The fourth-order valence-electron chi connectivity index (χ4n) is 6.87. The molecule has 0 unspecified atom stereocenters. The Balaban J connectivity index is 1.42. The summed E-state index contributed by atoms with van der Waals surface area (Å²) < 4.78 is 0. The molecular weight excluding hydrogens is 362 g/mol. The van der Waals surface area contributed by atoms with E-state index < -0.39 is 0 Å². The van der Waals surface area contributed by atoms with Gasteiger partial charge in [0.05, 0.1) is 11.6 Å². The van der Waals surface area contributed by atoms with Crippen molar-refractivity contribution in [3.63, 3.8) is 0 Å². The van der Waals surface area contributed by atoms with Crippen LogP contribution in [-0.2, 0) is 6.54 Å². The van der Waals surface area contributed by atoms with Crippen LogP contribution in [0.1, 0.15) is 58.3 Å². The lowest BCUT2D eigenvalue weighted by Crippen LogP contribution is -2.36. The molecular formula is C23H23N5O. The molecule has 3 heterocycles. The van der Waals surface area contributed by atoms with E-state index in [0.29, 0.717) is 36.0 Å². The molecule has 146 valence electrons. The highest BCUT2D eigenvalue weighted by atomic mass is 16.1. The van der Waals surface area contributed by atoms with Crippen LogP contribution in [0.5, 0.6) is 0 Å². The lowest BCUT2D eigenvalue weighted by atomic mass is 9.66. The van der Waals surface area contributed by atoms with Crippen LogP contribution in [0.4, 0.5) is 11.5 Å². The first-order chi connectivity index (χ1) is 14.2. The number of aromatic nitrogens is 2. The van der Waals surface area contributed by atoms with Crippen LogP contribution in [0.3, 0.4) is 0 Å². The maximum atomic E-state index is 12.7. The number of nitrogen functional groups attached to an aromatic ring is 1. The number of fused-ring (bicyclic) bond motifs is 10. The number of nitrogens with one attached hydrogen (secondary N) is 3. The van der Waals surface area contributed by atoms with Gasteiger partial charge in [-0.3, -0.25) is 9.89 Å². The number of hydrogen-bond donors (Lipinski definition) is 4. The molecule has 5 N–H and O–H groups in total. The standard InChI is InChI=1S/C23H23N5O/c24-22-14-8-12(3-5-15(14)27-28-22)21-18-11-2-1-10(7-11)17(18)20-16(26-21)6-4-13-9-25-23(29)19(13)20/h3-6,8,10-11,17-18,21,26H,1-2,7,9H2,(H,25,29)(H3,24,27,28)/t10-,11+,17+,18-,21+/m1/s1. The van der Waals surface area contributed by atoms with Gasteiger partial charge in [0.25, 0.3) is 5.91 Å². The van der Waals surface area contributed by atoms with Gasteiger partial charge in [0, 0.05) is 23.2 Å². The minimum absolute atomic E-state index is 0.103. The van der Waals surface area contributed by atoms with E-state index in [1.165, 1.54) is 30.4 Å². The Morgan fingerprint density at radius 2 is 2.00 bits per heavy atom. The minimum Gasteiger partial charge on any atom is -0.382 e. The van der Waals surface area contributed by atoms with Crippen LogP contribution in [0.15, 0.2) is 30.3 Å². The van der Waals surface area contributed by atoms with Crippen LogP contribution in [-0.4, -0.2) is 16.1 Å². The van der Waals surface area contributed by atoms with E-state index in [0.717, 1.165) is 27.7 Å². The van der Waals surface area contributed by atoms with Gasteiger partial charge in [0.2, 0.25) is 0 Å². The number of benzene rings is 2. The third kappa shape index (κ3) is 1.96. The topological polar surface area (TPSA) is 95.8 Å². The predicted octanol–water partition coefficient (Wildman–Crippen LogP) is 3.69. The van der Waals surface area contributed by atoms with Crippen molar-refractivity contribution in [2.24, 2.45) is 17.8 Å². The molecule has 6 nitrogen and oxygen atoms in total. The lowest BCUT2D eigenvalue weighted by Gasteiger charge is -2.44. The quantitative estimate of drug-likeness (QED) is 0.514.